The SMILES string of the molecule is Nc1ccc(S(=O)(=O)Cc2ccc(Cl)cc2F)cc1. The molecule has 0 aliphatic rings. The minimum atomic E-state index is -3.60. The average Bonchev–Trinajstić information content (AvgIpc) is 2.33. The van der Waals surface area contributed by atoms with E-state index in [0.717, 1.165) is 6.07 Å². The van der Waals surface area contributed by atoms with Gasteiger partial charge in [0.25, 0.3) is 0 Å². The molecule has 2 rings (SSSR count). The van der Waals surface area contributed by atoms with E-state index in [9.17, 15) is 12.8 Å². The number of sulfone groups is 1. The zero-order chi connectivity index (χ0) is 14.0. The molecule has 0 aliphatic heterocycles. The molecule has 0 saturated heterocycles. The van der Waals surface area contributed by atoms with Crippen molar-refractivity contribution >= 4 is 27.1 Å². The van der Waals surface area contributed by atoms with Gasteiger partial charge in [-0.2, -0.15) is 0 Å². The Morgan fingerprint density at radius 2 is 1.74 bits per heavy atom. The topological polar surface area (TPSA) is 60.2 Å². The quantitative estimate of drug-likeness (QED) is 0.886. The first-order valence-corrected chi connectivity index (χ1v) is 7.44. The Morgan fingerprint density at radius 3 is 2.32 bits per heavy atom. The molecule has 6 heteroatoms. The normalized spacial score (nSPS) is 11.5. The van der Waals surface area contributed by atoms with Crippen LogP contribution in [0.1, 0.15) is 5.56 Å². The van der Waals surface area contributed by atoms with Crippen molar-refractivity contribution in [3.63, 3.8) is 0 Å². The molecule has 100 valence electrons. The van der Waals surface area contributed by atoms with E-state index in [-0.39, 0.29) is 15.5 Å². The Hall–Kier alpha value is -1.59. The number of nitrogen functional groups attached to an aromatic ring is 1. The third kappa shape index (κ3) is 3.24. The van der Waals surface area contributed by atoms with Gasteiger partial charge in [-0.05, 0) is 36.4 Å². The smallest absolute Gasteiger partial charge is 0.182 e. The first kappa shape index (κ1) is 13.8. The van der Waals surface area contributed by atoms with E-state index in [1.54, 1.807) is 0 Å². The fraction of sp³-hybridized carbons (Fsp3) is 0.0769. The molecule has 2 aromatic rings. The van der Waals surface area contributed by atoms with Crippen LogP contribution in [-0.2, 0) is 15.6 Å². The predicted octanol–water partition coefficient (Wildman–Crippen LogP) is 3.04. The third-order valence-electron chi connectivity index (χ3n) is 2.60. The molecule has 0 radical (unpaired) electrons. The summed E-state index contributed by atoms with van der Waals surface area (Å²) >= 11 is 5.62. The Balaban J connectivity index is 2.33. The number of hydrogen-bond donors (Lipinski definition) is 1. The van der Waals surface area contributed by atoms with Crippen LogP contribution >= 0.6 is 11.6 Å². The van der Waals surface area contributed by atoms with Crippen molar-refractivity contribution in [2.45, 2.75) is 10.6 Å². The summed E-state index contributed by atoms with van der Waals surface area (Å²) in [4.78, 5) is 0.107. The Kier molecular flexibility index (Phi) is 3.78. The molecule has 19 heavy (non-hydrogen) atoms. The van der Waals surface area contributed by atoms with Crippen molar-refractivity contribution in [2.75, 3.05) is 5.73 Å². The molecule has 0 atom stereocenters. The van der Waals surface area contributed by atoms with E-state index in [1.165, 1.54) is 36.4 Å². The van der Waals surface area contributed by atoms with Crippen molar-refractivity contribution in [1.29, 1.82) is 0 Å². The van der Waals surface area contributed by atoms with E-state index >= 15 is 0 Å². The summed E-state index contributed by atoms with van der Waals surface area (Å²) in [6, 6.07) is 9.70. The number of halogens is 2. The van der Waals surface area contributed by atoms with E-state index in [4.69, 9.17) is 17.3 Å². The maximum Gasteiger partial charge on any atom is 0.182 e. The van der Waals surface area contributed by atoms with Crippen molar-refractivity contribution in [1.82, 2.24) is 0 Å². The van der Waals surface area contributed by atoms with E-state index in [1.807, 2.05) is 0 Å². The number of hydrogen-bond acceptors (Lipinski definition) is 3. The second kappa shape index (κ2) is 5.19. The molecule has 0 aliphatic carbocycles. The number of rotatable bonds is 3. The van der Waals surface area contributed by atoms with Crippen LogP contribution in [0.5, 0.6) is 0 Å². The van der Waals surface area contributed by atoms with Crippen molar-refractivity contribution in [3.05, 3.63) is 58.9 Å². The molecule has 0 bridgehead atoms. The molecule has 0 unspecified atom stereocenters. The second-order valence-corrected chi connectivity index (χ2v) is 6.49. The lowest BCUT2D eigenvalue weighted by atomic mass is 10.2. The summed E-state index contributed by atoms with van der Waals surface area (Å²) in [5.74, 6) is -1.05. The zero-order valence-corrected chi connectivity index (χ0v) is 11.4. The highest BCUT2D eigenvalue weighted by Gasteiger charge is 2.17. The maximum absolute atomic E-state index is 13.6. The van der Waals surface area contributed by atoms with Crippen LogP contribution in [0, 0.1) is 5.82 Å². The van der Waals surface area contributed by atoms with Crippen LogP contribution in [0.4, 0.5) is 10.1 Å². The molecule has 0 amide bonds. The van der Waals surface area contributed by atoms with E-state index < -0.39 is 21.4 Å². The van der Waals surface area contributed by atoms with Crippen LogP contribution in [0.2, 0.25) is 5.02 Å². The standard InChI is InChI=1S/C13H11ClFNO2S/c14-10-2-1-9(13(15)7-10)8-19(17,18)12-5-3-11(16)4-6-12/h1-7H,8,16H2. The molecule has 0 spiro atoms. The summed E-state index contributed by atoms with van der Waals surface area (Å²) in [5.41, 5.74) is 6.05. The average molecular weight is 300 g/mol. The third-order valence-corrected chi connectivity index (χ3v) is 4.52. The van der Waals surface area contributed by atoms with Crippen LogP contribution < -0.4 is 5.73 Å². The number of nitrogens with two attached hydrogens (primary N) is 1. The summed E-state index contributed by atoms with van der Waals surface area (Å²) in [6.07, 6.45) is 0. The first-order chi connectivity index (χ1) is 8.88. The van der Waals surface area contributed by atoms with Gasteiger partial charge in [-0.15, -0.1) is 0 Å². The first-order valence-electron chi connectivity index (χ1n) is 5.41. The van der Waals surface area contributed by atoms with Gasteiger partial charge in [0.2, 0.25) is 0 Å². The lowest BCUT2D eigenvalue weighted by Crippen LogP contribution is -2.06. The van der Waals surface area contributed by atoms with E-state index in [2.05, 4.69) is 0 Å². The van der Waals surface area contributed by atoms with Gasteiger partial charge < -0.3 is 5.73 Å². The molecule has 2 aromatic carbocycles. The summed E-state index contributed by atoms with van der Waals surface area (Å²) in [6.45, 7) is 0. The molecule has 0 heterocycles. The minimum Gasteiger partial charge on any atom is -0.399 e. The summed E-state index contributed by atoms with van der Waals surface area (Å²) in [5, 5.41) is 0.228. The van der Waals surface area contributed by atoms with Crippen LogP contribution in [0.15, 0.2) is 47.4 Å². The predicted molar refractivity (Wildman–Crippen MR) is 73.2 cm³/mol. The van der Waals surface area contributed by atoms with Crippen LogP contribution in [0.3, 0.4) is 0 Å². The number of anilines is 1. The number of benzene rings is 2. The molecule has 0 fully saturated rings. The lowest BCUT2D eigenvalue weighted by Gasteiger charge is -2.06. The molecule has 0 aromatic heterocycles. The zero-order valence-electron chi connectivity index (χ0n) is 9.81. The fourth-order valence-corrected chi connectivity index (χ4v) is 3.12. The highest BCUT2D eigenvalue weighted by atomic mass is 35.5. The van der Waals surface area contributed by atoms with Crippen molar-refractivity contribution in [2.24, 2.45) is 0 Å². The van der Waals surface area contributed by atoms with Gasteiger partial charge in [0.05, 0.1) is 10.6 Å². The summed E-state index contributed by atoms with van der Waals surface area (Å²) in [7, 11) is -3.60. The molecular formula is C13H11ClFNO2S. The minimum absolute atomic E-state index is 0.0845. The summed E-state index contributed by atoms with van der Waals surface area (Å²) < 4.78 is 37.8. The van der Waals surface area contributed by atoms with Crippen molar-refractivity contribution in [3.8, 4) is 0 Å². The maximum atomic E-state index is 13.6. The van der Waals surface area contributed by atoms with Gasteiger partial charge >= 0.3 is 0 Å². The van der Waals surface area contributed by atoms with Crippen LogP contribution in [-0.4, -0.2) is 8.42 Å². The largest absolute Gasteiger partial charge is 0.399 e. The van der Waals surface area contributed by atoms with Gasteiger partial charge in [-0.3, -0.25) is 0 Å². The molecular weight excluding hydrogens is 289 g/mol. The van der Waals surface area contributed by atoms with E-state index in [0.29, 0.717) is 5.69 Å². The second-order valence-electron chi connectivity index (χ2n) is 4.06. The molecule has 3 nitrogen and oxygen atoms in total. The van der Waals surface area contributed by atoms with Gasteiger partial charge in [0.1, 0.15) is 5.82 Å². The van der Waals surface area contributed by atoms with Gasteiger partial charge in [0.15, 0.2) is 9.84 Å². The van der Waals surface area contributed by atoms with Crippen molar-refractivity contribution < 1.29 is 12.8 Å². The molecule has 0 saturated carbocycles. The molecule has 2 N–H and O–H groups in total. The van der Waals surface area contributed by atoms with Gasteiger partial charge in [0, 0.05) is 16.3 Å². The van der Waals surface area contributed by atoms with Crippen LogP contribution in [0.25, 0.3) is 0 Å². The Bertz CT molecular complexity index is 699. The lowest BCUT2D eigenvalue weighted by molar-refractivity contribution is 0.587. The monoisotopic (exact) mass is 299 g/mol. The van der Waals surface area contributed by atoms with Gasteiger partial charge in [-0.1, -0.05) is 17.7 Å². The highest BCUT2D eigenvalue weighted by Crippen LogP contribution is 2.21. The fourth-order valence-electron chi connectivity index (χ4n) is 1.60. The Labute approximate surface area is 115 Å². The van der Waals surface area contributed by atoms with Gasteiger partial charge in [-0.25, -0.2) is 12.8 Å². The highest BCUT2D eigenvalue weighted by molar-refractivity contribution is 7.90. The Morgan fingerprint density at radius 1 is 1.11 bits per heavy atom.